The van der Waals surface area contributed by atoms with Crippen molar-refractivity contribution in [3.63, 3.8) is 0 Å². The summed E-state index contributed by atoms with van der Waals surface area (Å²) in [5, 5.41) is 11.5. The van der Waals surface area contributed by atoms with Gasteiger partial charge in [0.2, 0.25) is 0 Å². The van der Waals surface area contributed by atoms with E-state index in [4.69, 9.17) is 5.26 Å². The van der Waals surface area contributed by atoms with Gasteiger partial charge in [0.15, 0.2) is 0 Å². The van der Waals surface area contributed by atoms with Gasteiger partial charge in [-0.2, -0.15) is 5.26 Å². The summed E-state index contributed by atoms with van der Waals surface area (Å²) in [6.45, 7) is 7.74. The largest absolute Gasteiger partial charge is 0.304 e. The zero-order chi connectivity index (χ0) is 11.3. The van der Waals surface area contributed by atoms with Crippen molar-refractivity contribution < 1.29 is 0 Å². The maximum absolute atomic E-state index is 8.40. The van der Waals surface area contributed by atoms with E-state index in [-0.39, 0.29) is 0 Å². The third kappa shape index (κ3) is 3.38. The second kappa shape index (κ2) is 5.53. The minimum atomic E-state index is 0.434. The summed E-state index contributed by atoms with van der Waals surface area (Å²) >= 11 is 0. The van der Waals surface area contributed by atoms with Crippen molar-refractivity contribution in [1.82, 2.24) is 5.32 Å². The molecule has 0 heterocycles. The molecule has 0 aliphatic rings. The van der Waals surface area contributed by atoms with E-state index in [1.165, 1.54) is 22.3 Å². The van der Waals surface area contributed by atoms with Gasteiger partial charge in [-0.15, -0.1) is 0 Å². The maximum Gasteiger partial charge on any atom is 0.0841 e. The van der Waals surface area contributed by atoms with Crippen molar-refractivity contribution in [2.75, 3.05) is 13.1 Å². The van der Waals surface area contributed by atoms with Crippen molar-refractivity contribution in [2.24, 2.45) is 0 Å². The molecule has 1 rings (SSSR count). The van der Waals surface area contributed by atoms with Crippen molar-refractivity contribution in [3.05, 3.63) is 34.4 Å². The molecule has 1 aromatic carbocycles. The SMILES string of the molecule is Cc1cc(C)c(CCNCC#N)c(C)c1. The highest BCUT2D eigenvalue weighted by Gasteiger charge is 2.02. The van der Waals surface area contributed by atoms with Crippen LogP contribution in [0.3, 0.4) is 0 Å². The molecule has 0 aliphatic carbocycles. The molecule has 80 valence electrons. The molecule has 0 spiro atoms. The van der Waals surface area contributed by atoms with Crippen molar-refractivity contribution in [1.29, 1.82) is 5.26 Å². The van der Waals surface area contributed by atoms with E-state index >= 15 is 0 Å². The third-order valence-electron chi connectivity index (χ3n) is 2.60. The van der Waals surface area contributed by atoms with E-state index in [0.717, 1.165) is 13.0 Å². The van der Waals surface area contributed by atoms with Gasteiger partial charge in [0, 0.05) is 6.54 Å². The Kier molecular flexibility index (Phi) is 4.33. The van der Waals surface area contributed by atoms with E-state index < -0.39 is 0 Å². The van der Waals surface area contributed by atoms with Crippen LogP contribution in [0.25, 0.3) is 0 Å². The number of benzene rings is 1. The number of nitrogens with zero attached hydrogens (tertiary/aromatic N) is 1. The van der Waals surface area contributed by atoms with Crippen LogP contribution in [0.15, 0.2) is 12.1 Å². The Bertz CT molecular complexity index is 352. The van der Waals surface area contributed by atoms with Gasteiger partial charge in [-0.1, -0.05) is 17.7 Å². The molecule has 0 radical (unpaired) electrons. The van der Waals surface area contributed by atoms with Gasteiger partial charge in [-0.05, 0) is 43.9 Å². The van der Waals surface area contributed by atoms with E-state index in [0.29, 0.717) is 6.54 Å². The molecule has 0 saturated heterocycles. The predicted molar refractivity (Wildman–Crippen MR) is 62.8 cm³/mol. The zero-order valence-corrected chi connectivity index (χ0v) is 9.72. The minimum absolute atomic E-state index is 0.434. The molecule has 0 amide bonds. The normalized spacial score (nSPS) is 10.0. The fraction of sp³-hybridized carbons (Fsp3) is 0.462. The highest BCUT2D eigenvalue weighted by Crippen LogP contribution is 2.16. The van der Waals surface area contributed by atoms with Gasteiger partial charge in [0.05, 0.1) is 12.6 Å². The fourth-order valence-electron chi connectivity index (χ4n) is 1.96. The van der Waals surface area contributed by atoms with Crippen LogP contribution in [0.2, 0.25) is 0 Å². The first-order valence-corrected chi connectivity index (χ1v) is 5.29. The second-order valence-electron chi connectivity index (χ2n) is 3.96. The molecule has 0 bridgehead atoms. The smallest absolute Gasteiger partial charge is 0.0841 e. The Labute approximate surface area is 91.9 Å². The van der Waals surface area contributed by atoms with Gasteiger partial charge in [0.1, 0.15) is 0 Å². The summed E-state index contributed by atoms with van der Waals surface area (Å²) in [6.07, 6.45) is 1.000. The third-order valence-corrected chi connectivity index (χ3v) is 2.60. The van der Waals surface area contributed by atoms with E-state index in [1.807, 2.05) is 0 Å². The lowest BCUT2D eigenvalue weighted by molar-refractivity contribution is 0.744. The van der Waals surface area contributed by atoms with Gasteiger partial charge in [-0.3, -0.25) is 0 Å². The Hall–Kier alpha value is -1.33. The number of nitriles is 1. The molecule has 0 atom stereocenters. The molecule has 0 saturated carbocycles. The molecule has 1 N–H and O–H groups in total. The number of rotatable bonds is 4. The van der Waals surface area contributed by atoms with Crippen molar-refractivity contribution in [2.45, 2.75) is 27.2 Å². The summed E-state index contributed by atoms with van der Waals surface area (Å²) < 4.78 is 0. The molecule has 1 aromatic rings. The van der Waals surface area contributed by atoms with Crippen LogP contribution in [-0.4, -0.2) is 13.1 Å². The van der Waals surface area contributed by atoms with Crippen LogP contribution >= 0.6 is 0 Å². The average molecular weight is 202 g/mol. The van der Waals surface area contributed by atoms with Crippen LogP contribution in [0, 0.1) is 32.1 Å². The number of nitrogens with one attached hydrogen (secondary N) is 1. The van der Waals surface area contributed by atoms with Gasteiger partial charge < -0.3 is 5.32 Å². The van der Waals surface area contributed by atoms with Gasteiger partial charge in [0.25, 0.3) is 0 Å². The maximum atomic E-state index is 8.40. The molecular formula is C13H18N2. The minimum Gasteiger partial charge on any atom is -0.304 e. The average Bonchev–Trinajstić information content (AvgIpc) is 2.15. The predicted octanol–water partition coefficient (Wildman–Crippen LogP) is 2.27. The molecule has 0 fully saturated rings. The van der Waals surface area contributed by atoms with Crippen LogP contribution in [0.5, 0.6) is 0 Å². The summed E-state index contributed by atoms with van der Waals surface area (Å²) in [4.78, 5) is 0. The Balaban J connectivity index is 2.65. The van der Waals surface area contributed by atoms with E-state index in [9.17, 15) is 0 Å². The van der Waals surface area contributed by atoms with E-state index in [2.05, 4.69) is 44.3 Å². The fourth-order valence-corrected chi connectivity index (χ4v) is 1.96. The van der Waals surface area contributed by atoms with Crippen LogP contribution in [0.4, 0.5) is 0 Å². The monoisotopic (exact) mass is 202 g/mol. The first-order valence-electron chi connectivity index (χ1n) is 5.29. The molecule has 2 heteroatoms. The Morgan fingerprint density at radius 3 is 2.33 bits per heavy atom. The van der Waals surface area contributed by atoms with Crippen LogP contribution in [0.1, 0.15) is 22.3 Å². The molecular weight excluding hydrogens is 184 g/mol. The van der Waals surface area contributed by atoms with Crippen molar-refractivity contribution >= 4 is 0 Å². The van der Waals surface area contributed by atoms with E-state index in [1.54, 1.807) is 0 Å². The van der Waals surface area contributed by atoms with Gasteiger partial charge in [-0.25, -0.2) is 0 Å². The number of aryl methyl sites for hydroxylation is 3. The van der Waals surface area contributed by atoms with Crippen LogP contribution in [-0.2, 0) is 6.42 Å². The molecule has 15 heavy (non-hydrogen) atoms. The highest BCUT2D eigenvalue weighted by molar-refractivity contribution is 5.37. The molecule has 0 aromatic heterocycles. The number of hydrogen-bond acceptors (Lipinski definition) is 2. The Morgan fingerprint density at radius 2 is 1.80 bits per heavy atom. The summed E-state index contributed by atoms with van der Waals surface area (Å²) in [6, 6.07) is 6.51. The summed E-state index contributed by atoms with van der Waals surface area (Å²) in [5.74, 6) is 0. The van der Waals surface area contributed by atoms with Crippen LogP contribution < -0.4 is 5.32 Å². The zero-order valence-electron chi connectivity index (χ0n) is 9.72. The lowest BCUT2D eigenvalue weighted by atomic mass is 9.97. The Morgan fingerprint density at radius 1 is 1.20 bits per heavy atom. The topological polar surface area (TPSA) is 35.8 Å². The standard InChI is InChI=1S/C13H18N2/c1-10-8-11(2)13(12(3)9-10)4-6-15-7-5-14/h8-9,15H,4,6-7H2,1-3H3. The molecule has 2 nitrogen and oxygen atoms in total. The lowest BCUT2D eigenvalue weighted by Crippen LogP contribution is -2.18. The first-order chi connectivity index (χ1) is 7.15. The van der Waals surface area contributed by atoms with Crippen molar-refractivity contribution in [3.8, 4) is 6.07 Å². The lowest BCUT2D eigenvalue weighted by Gasteiger charge is -2.11. The van der Waals surface area contributed by atoms with Gasteiger partial charge >= 0.3 is 0 Å². The number of hydrogen-bond donors (Lipinski definition) is 1. The molecule has 0 aliphatic heterocycles. The highest BCUT2D eigenvalue weighted by atomic mass is 14.8. The molecule has 0 unspecified atom stereocenters. The summed E-state index contributed by atoms with van der Waals surface area (Å²) in [5.41, 5.74) is 5.43. The summed E-state index contributed by atoms with van der Waals surface area (Å²) in [7, 11) is 0. The second-order valence-corrected chi connectivity index (χ2v) is 3.96. The first kappa shape index (κ1) is 11.7. The quantitative estimate of drug-likeness (QED) is 0.600.